The van der Waals surface area contributed by atoms with Crippen LogP contribution in [-0.2, 0) is 19.1 Å². The van der Waals surface area contributed by atoms with Gasteiger partial charge in [-0.15, -0.1) is 0 Å². The highest BCUT2D eigenvalue weighted by molar-refractivity contribution is 6.41. The van der Waals surface area contributed by atoms with E-state index in [-0.39, 0.29) is 0 Å². The highest BCUT2D eigenvalue weighted by atomic mass is 16.5. The fraction of sp³-hybridized carbons (Fsp3) is 0.308. The smallest absolute Gasteiger partial charge is 0.339 e. The minimum Gasteiger partial charge on any atom is -0.467 e. The van der Waals surface area contributed by atoms with E-state index >= 15 is 0 Å². The van der Waals surface area contributed by atoms with Crippen molar-refractivity contribution in [1.82, 2.24) is 5.32 Å². The number of anilines is 1. The Bertz CT molecular complexity index is 557. The van der Waals surface area contributed by atoms with Crippen molar-refractivity contribution in [2.45, 2.75) is 6.10 Å². The minimum atomic E-state index is -1.42. The minimum absolute atomic E-state index is 0.299. The molecule has 2 rings (SSSR count). The lowest BCUT2D eigenvalue weighted by Crippen LogP contribution is -2.52. The average molecular weight is 278 g/mol. The second kappa shape index (κ2) is 5.70. The molecule has 7 heteroatoms. The van der Waals surface area contributed by atoms with E-state index in [1.54, 1.807) is 18.2 Å². The van der Waals surface area contributed by atoms with Crippen LogP contribution in [0.25, 0.3) is 0 Å². The van der Waals surface area contributed by atoms with Gasteiger partial charge in [0.25, 0.3) is 0 Å². The molecular formula is C13H14N2O5. The first-order valence-corrected chi connectivity index (χ1v) is 6.00. The number of rotatable bonds is 3. The molecule has 1 fully saturated rings. The number of carbonyl (C=O) groups excluding carboxylic acids is 3. The summed E-state index contributed by atoms with van der Waals surface area (Å²) >= 11 is 0. The molecule has 20 heavy (non-hydrogen) atoms. The summed E-state index contributed by atoms with van der Waals surface area (Å²) < 4.78 is 4.46. The van der Waals surface area contributed by atoms with Crippen LogP contribution in [0, 0.1) is 0 Å². The topological polar surface area (TPSA) is 95.9 Å². The first-order chi connectivity index (χ1) is 9.54. The van der Waals surface area contributed by atoms with E-state index < -0.39 is 23.9 Å². The van der Waals surface area contributed by atoms with E-state index in [0.717, 1.165) is 0 Å². The van der Waals surface area contributed by atoms with Gasteiger partial charge < -0.3 is 20.1 Å². The molecular weight excluding hydrogens is 264 g/mol. The number of nitrogens with zero attached hydrogens (tertiary/aromatic N) is 1. The summed E-state index contributed by atoms with van der Waals surface area (Å²) in [7, 11) is 1.17. The van der Waals surface area contributed by atoms with Gasteiger partial charge >= 0.3 is 17.8 Å². The number of hydrogen-bond acceptors (Lipinski definition) is 5. The van der Waals surface area contributed by atoms with E-state index in [1.807, 2.05) is 0 Å². The molecule has 1 aliphatic heterocycles. The Morgan fingerprint density at radius 2 is 2.20 bits per heavy atom. The maximum Gasteiger partial charge on any atom is 0.339 e. The Kier molecular flexibility index (Phi) is 3.99. The zero-order valence-corrected chi connectivity index (χ0v) is 10.8. The Morgan fingerprint density at radius 3 is 2.90 bits per heavy atom. The zero-order chi connectivity index (χ0) is 14.7. The number of piperazine rings is 1. The molecule has 0 saturated carbocycles. The van der Waals surface area contributed by atoms with Crippen molar-refractivity contribution in [3.63, 3.8) is 0 Å². The largest absolute Gasteiger partial charge is 0.467 e. The molecule has 0 spiro atoms. The Balaban J connectivity index is 2.27. The van der Waals surface area contributed by atoms with Crippen molar-refractivity contribution in [1.29, 1.82) is 0 Å². The summed E-state index contributed by atoms with van der Waals surface area (Å²) in [4.78, 5) is 35.7. The maximum absolute atomic E-state index is 11.8. The van der Waals surface area contributed by atoms with Gasteiger partial charge in [0.15, 0.2) is 6.10 Å². The summed E-state index contributed by atoms with van der Waals surface area (Å²) in [5, 5.41) is 12.2. The van der Waals surface area contributed by atoms with Crippen LogP contribution in [0.15, 0.2) is 24.3 Å². The monoisotopic (exact) mass is 278 g/mol. The summed E-state index contributed by atoms with van der Waals surface area (Å²) in [5.74, 6) is -2.12. The fourth-order valence-electron chi connectivity index (χ4n) is 1.94. The number of carbonyl (C=O) groups is 3. The van der Waals surface area contributed by atoms with E-state index in [9.17, 15) is 19.5 Å². The van der Waals surface area contributed by atoms with Crippen LogP contribution in [0.4, 0.5) is 5.69 Å². The quantitative estimate of drug-likeness (QED) is 0.566. The number of hydrogen-bond donors (Lipinski definition) is 2. The van der Waals surface area contributed by atoms with E-state index in [2.05, 4.69) is 10.1 Å². The molecule has 0 aliphatic carbocycles. The van der Waals surface area contributed by atoms with Gasteiger partial charge in [-0.05, 0) is 17.7 Å². The first kappa shape index (κ1) is 14.0. The molecule has 7 nitrogen and oxygen atoms in total. The van der Waals surface area contributed by atoms with E-state index in [1.165, 1.54) is 18.1 Å². The van der Waals surface area contributed by atoms with Crippen LogP contribution in [0.5, 0.6) is 0 Å². The molecule has 1 saturated heterocycles. The Labute approximate surface area is 115 Å². The van der Waals surface area contributed by atoms with Crippen LogP contribution in [0.1, 0.15) is 11.7 Å². The second-order valence-electron chi connectivity index (χ2n) is 4.23. The van der Waals surface area contributed by atoms with Crippen LogP contribution in [0.2, 0.25) is 0 Å². The van der Waals surface area contributed by atoms with Crippen molar-refractivity contribution in [2.24, 2.45) is 0 Å². The molecule has 1 heterocycles. The molecule has 2 N–H and O–H groups in total. The normalized spacial score (nSPS) is 16.6. The number of amides is 2. The number of nitrogens with one attached hydrogen (secondary N) is 1. The second-order valence-corrected chi connectivity index (χ2v) is 4.23. The molecule has 2 amide bonds. The summed E-state index contributed by atoms with van der Waals surface area (Å²) in [5.41, 5.74) is 0.749. The number of benzene rings is 1. The fourth-order valence-corrected chi connectivity index (χ4v) is 1.94. The lowest BCUT2D eigenvalue weighted by molar-refractivity contribution is -0.150. The number of esters is 1. The van der Waals surface area contributed by atoms with Crippen molar-refractivity contribution in [3.05, 3.63) is 29.8 Å². The van der Waals surface area contributed by atoms with Gasteiger partial charge in [0.05, 0.1) is 7.11 Å². The Morgan fingerprint density at radius 1 is 1.45 bits per heavy atom. The van der Waals surface area contributed by atoms with E-state index in [0.29, 0.717) is 24.3 Å². The first-order valence-electron chi connectivity index (χ1n) is 6.00. The predicted octanol–water partition coefficient (Wildman–Crippen LogP) is -0.644. The molecule has 0 bridgehead atoms. The SMILES string of the molecule is COC(=O)C(O)c1cccc(N2CCNC(=O)C2=O)c1. The number of ether oxygens (including phenoxy) is 1. The van der Waals surface area contributed by atoms with Gasteiger partial charge in [0.1, 0.15) is 0 Å². The summed E-state index contributed by atoms with van der Waals surface area (Å²) in [6.07, 6.45) is -1.42. The average Bonchev–Trinajstić information content (AvgIpc) is 2.48. The molecule has 0 aromatic heterocycles. The lowest BCUT2D eigenvalue weighted by Gasteiger charge is -2.27. The van der Waals surface area contributed by atoms with Crippen molar-refractivity contribution >= 4 is 23.5 Å². The lowest BCUT2D eigenvalue weighted by atomic mass is 10.1. The van der Waals surface area contributed by atoms with Gasteiger partial charge in [-0.3, -0.25) is 9.59 Å². The van der Waals surface area contributed by atoms with Crippen LogP contribution >= 0.6 is 0 Å². The van der Waals surface area contributed by atoms with Crippen molar-refractivity contribution in [3.8, 4) is 0 Å². The molecule has 1 atom stereocenters. The van der Waals surface area contributed by atoms with Gasteiger partial charge in [0.2, 0.25) is 0 Å². The molecule has 1 aromatic carbocycles. The number of aliphatic hydroxyl groups is 1. The zero-order valence-electron chi connectivity index (χ0n) is 10.8. The third kappa shape index (κ3) is 2.62. The van der Waals surface area contributed by atoms with Crippen molar-refractivity contribution in [2.75, 3.05) is 25.1 Å². The van der Waals surface area contributed by atoms with Crippen LogP contribution in [-0.4, -0.2) is 43.1 Å². The maximum atomic E-state index is 11.8. The molecule has 106 valence electrons. The van der Waals surface area contributed by atoms with Gasteiger partial charge in [-0.1, -0.05) is 12.1 Å². The van der Waals surface area contributed by atoms with Gasteiger partial charge in [0, 0.05) is 18.8 Å². The standard InChI is InChI=1S/C13H14N2O5/c1-20-13(19)10(16)8-3-2-4-9(7-8)15-6-5-14-11(17)12(15)18/h2-4,7,10,16H,5-6H2,1H3,(H,14,17). The molecule has 1 unspecified atom stereocenters. The van der Waals surface area contributed by atoms with E-state index in [4.69, 9.17) is 0 Å². The molecule has 0 radical (unpaired) electrons. The summed E-state index contributed by atoms with van der Waals surface area (Å²) in [6, 6.07) is 6.25. The van der Waals surface area contributed by atoms with Crippen LogP contribution in [0.3, 0.4) is 0 Å². The van der Waals surface area contributed by atoms with Gasteiger partial charge in [-0.25, -0.2) is 4.79 Å². The molecule has 1 aliphatic rings. The Hall–Kier alpha value is -2.41. The van der Waals surface area contributed by atoms with Crippen molar-refractivity contribution < 1.29 is 24.2 Å². The highest BCUT2D eigenvalue weighted by Gasteiger charge is 2.28. The third-order valence-corrected chi connectivity index (χ3v) is 2.98. The summed E-state index contributed by atoms with van der Waals surface area (Å²) in [6.45, 7) is 0.691. The van der Waals surface area contributed by atoms with Crippen LogP contribution < -0.4 is 10.2 Å². The molecule has 1 aromatic rings. The van der Waals surface area contributed by atoms with Gasteiger partial charge in [-0.2, -0.15) is 0 Å². The number of aliphatic hydroxyl groups excluding tert-OH is 1. The third-order valence-electron chi connectivity index (χ3n) is 2.98. The predicted molar refractivity (Wildman–Crippen MR) is 68.8 cm³/mol. The number of methoxy groups -OCH3 is 1. The highest BCUT2D eigenvalue weighted by Crippen LogP contribution is 2.22.